The number of nitrogens with two attached hydrogens (primary N) is 1. The number of carbonyl (C=O) groups excluding carboxylic acids is 1. The highest BCUT2D eigenvalue weighted by Gasteiger charge is 2.07. The van der Waals surface area contributed by atoms with Crippen molar-refractivity contribution in [1.29, 1.82) is 0 Å². The molecule has 6 heteroatoms. The minimum Gasteiger partial charge on any atom is -0.368 e. The molecule has 1 atom stereocenters. The number of hydrogen-bond acceptors (Lipinski definition) is 4. The highest BCUT2D eigenvalue weighted by atomic mass is 16.6. The number of rotatable bonds is 6. The van der Waals surface area contributed by atoms with E-state index in [2.05, 4.69) is 10.6 Å². The van der Waals surface area contributed by atoms with Crippen molar-refractivity contribution in [1.82, 2.24) is 15.3 Å². The van der Waals surface area contributed by atoms with Crippen LogP contribution < -0.4 is 11.2 Å². The summed E-state index contributed by atoms with van der Waals surface area (Å²) in [6.45, 7) is 4.62. The molecule has 0 aliphatic heterocycles. The fourth-order valence-electron chi connectivity index (χ4n) is 1.08. The molecule has 6 nitrogen and oxygen atoms in total. The maximum absolute atomic E-state index is 10.4. The number of aryl methyl sites for hydroxylation is 1. The van der Waals surface area contributed by atoms with Crippen molar-refractivity contribution in [3.05, 3.63) is 18.0 Å². The van der Waals surface area contributed by atoms with Crippen LogP contribution in [-0.4, -0.2) is 22.3 Å². The van der Waals surface area contributed by atoms with E-state index < -0.39 is 5.91 Å². The zero-order valence-electron chi connectivity index (χ0n) is 8.93. The van der Waals surface area contributed by atoms with Crippen LogP contribution in [-0.2, 0) is 16.2 Å². The molecule has 0 bridgehead atoms. The second kappa shape index (κ2) is 5.47. The number of nitrogens with zero attached hydrogens (tertiary/aromatic N) is 2. The van der Waals surface area contributed by atoms with Crippen LogP contribution in [0.1, 0.15) is 25.5 Å². The van der Waals surface area contributed by atoms with Crippen LogP contribution in [0.15, 0.2) is 12.4 Å². The van der Waals surface area contributed by atoms with Gasteiger partial charge in [0, 0.05) is 18.3 Å². The van der Waals surface area contributed by atoms with E-state index in [0.717, 1.165) is 12.1 Å². The number of amides is 1. The molecule has 1 heterocycles. The van der Waals surface area contributed by atoms with Gasteiger partial charge in [0.2, 0.25) is 5.91 Å². The highest BCUT2D eigenvalue weighted by molar-refractivity contribution is 5.74. The van der Waals surface area contributed by atoms with E-state index in [1.54, 1.807) is 6.20 Å². The van der Waals surface area contributed by atoms with E-state index in [-0.39, 0.29) is 12.6 Å². The average molecular weight is 212 g/mol. The van der Waals surface area contributed by atoms with Gasteiger partial charge in [0.1, 0.15) is 6.61 Å². The molecule has 15 heavy (non-hydrogen) atoms. The van der Waals surface area contributed by atoms with Gasteiger partial charge in [-0.3, -0.25) is 14.3 Å². The van der Waals surface area contributed by atoms with Crippen molar-refractivity contribution < 1.29 is 9.63 Å². The summed E-state index contributed by atoms with van der Waals surface area (Å²) in [5.41, 5.74) is 8.64. The van der Waals surface area contributed by atoms with Gasteiger partial charge in [-0.25, -0.2) is 0 Å². The van der Waals surface area contributed by atoms with Crippen molar-refractivity contribution >= 4 is 5.91 Å². The number of carbonyl (C=O) groups is 1. The maximum atomic E-state index is 10.4. The van der Waals surface area contributed by atoms with Gasteiger partial charge in [0.25, 0.3) is 0 Å². The lowest BCUT2D eigenvalue weighted by Gasteiger charge is -2.10. The quantitative estimate of drug-likeness (QED) is 0.649. The second-order valence-electron chi connectivity index (χ2n) is 3.22. The van der Waals surface area contributed by atoms with Crippen LogP contribution in [0.5, 0.6) is 0 Å². The third-order valence-corrected chi connectivity index (χ3v) is 1.95. The van der Waals surface area contributed by atoms with Gasteiger partial charge in [-0.2, -0.15) is 10.6 Å². The summed E-state index contributed by atoms with van der Waals surface area (Å²) in [6, 6.07) is -0.0235. The van der Waals surface area contributed by atoms with Gasteiger partial charge in [-0.05, 0) is 13.8 Å². The predicted octanol–water partition coefficient (Wildman–Crippen LogP) is -0.0295. The Morgan fingerprint density at radius 1 is 1.80 bits per heavy atom. The molecule has 0 saturated carbocycles. The average Bonchev–Trinajstić information content (AvgIpc) is 2.65. The first kappa shape index (κ1) is 11.7. The molecule has 1 aromatic rings. The topological polar surface area (TPSA) is 82.2 Å². The molecular weight excluding hydrogens is 196 g/mol. The van der Waals surface area contributed by atoms with Gasteiger partial charge in [0.15, 0.2) is 0 Å². The number of primary amides is 1. The Hall–Kier alpha value is -1.40. The molecule has 1 aromatic heterocycles. The zero-order valence-corrected chi connectivity index (χ0v) is 8.93. The first-order valence-corrected chi connectivity index (χ1v) is 4.81. The van der Waals surface area contributed by atoms with Crippen molar-refractivity contribution in [2.45, 2.75) is 26.4 Å². The molecule has 0 radical (unpaired) electrons. The normalized spacial score (nSPS) is 12.7. The minimum absolute atomic E-state index is 0.0235. The van der Waals surface area contributed by atoms with Crippen LogP contribution in [0, 0.1) is 0 Å². The Balaban J connectivity index is 2.39. The molecule has 1 amide bonds. The summed E-state index contributed by atoms with van der Waals surface area (Å²) < 4.78 is 1.82. The zero-order chi connectivity index (χ0) is 11.3. The van der Waals surface area contributed by atoms with Crippen LogP contribution in [0.2, 0.25) is 0 Å². The molecule has 0 aliphatic rings. The number of hydrogen-bond donors (Lipinski definition) is 2. The van der Waals surface area contributed by atoms with Crippen LogP contribution in [0.4, 0.5) is 0 Å². The molecule has 0 spiro atoms. The summed E-state index contributed by atoms with van der Waals surface area (Å²) in [4.78, 5) is 15.3. The van der Waals surface area contributed by atoms with E-state index in [4.69, 9.17) is 10.6 Å². The van der Waals surface area contributed by atoms with Crippen molar-refractivity contribution in [3.63, 3.8) is 0 Å². The number of hydroxylamine groups is 1. The maximum Gasteiger partial charge on any atom is 0.245 e. The van der Waals surface area contributed by atoms with Gasteiger partial charge < -0.3 is 5.73 Å². The lowest BCUT2D eigenvalue weighted by molar-refractivity contribution is -0.126. The fourth-order valence-corrected chi connectivity index (χ4v) is 1.08. The molecule has 0 fully saturated rings. The fraction of sp³-hybridized carbons (Fsp3) is 0.556. The summed E-state index contributed by atoms with van der Waals surface area (Å²) in [6.07, 6.45) is 3.68. The van der Waals surface area contributed by atoms with Crippen LogP contribution in [0.25, 0.3) is 0 Å². The smallest absolute Gasteiger partial charge is 0.245 e. The third kappa shape index (κ3) is 3.69. The number of nitrogens with one attached hydrogen (secondary N) is 1. The molecular formula is C9H16N4O2. The summed E-state index contributed by atoms with van der Waals surface area (Å²) in [5.74, 6) is -0.501. The number of aromatic nitrogens is 2. The van der Waals surface area contributed by atoms with E-state index >= 15 is 0 Å². The molecule has 0 aliphatic carbocycles. The molecule has 84 valence electrons. The molecule has 3 N–H and O–H groups in total. The summed E-state index contributed by atoms with van der Waals surface area (Å²) in [7, 11) is 0. The Morgan fingerprint density at radius 2 is 2.53 bits per heavy atom. The Morgan fingerprint density at radius 3 is 3.07 bits per heavy atom. The van der Waals surface area contributed by atoms with Gasteiger partial charge in [0.05, 0.1) is 12.2 Å². The Bertz CT molecular complexity index is 324. The van der Waals surface area contributed by atoms with Crippen LogP contribution in [0.3, 0.4) is 0 Å². The Labute approximate surface area is 88.3 Å². The first-order valence-electron chi connectivity index (χ1n) is 4.81. The Kier molecular flexibility index (Phi) is 4.26. The highest BCUT2D eigenvalue weighted by Crippen LogP contribution is 2.10. The standard InChI is InChI=1S/C9H16N4O2/c1-3-13-5-8(4-11-13)7(2)12-15-6-9(10)14/h4-5,7,12H,3,6H2,1-2H3,(H2,10,14). The SMILES string of the molecule is CCn1cc(C(C)NOCC(N)=O)cn1. The largest absolute Gasteiger partial charge is 0.368 e. The molecule has 1 rings (SSSR count). The van der Waals surface area contributed by atoms with Crippen LogP contribution >= 0.6 is 0 Å². The molecule has 0 saturated heterocycles. The van der Waals surface area contributed by atoms with E-state index in [9.17, 15) is 4.79 Å². The monoisotopic (exact) mass is 212 g/mol. The lowest BCUT2D eigenvalue weighted by Crippen LogP contribution is -2.26. The van der Waals surface area contributed by atoms with E-state index in [1.165, 1.54) is 0 Å². The molecule has 0 aromatic carbocycles. The van der Waals surface area contributed by atoms with Crippen molar-refractivity contribution in [3.8, 4) is 0 Å². The van der Waals surface area contributed by atoms with Gasteiger partial charge in [-0.1, -0.05) is 0 Å². The van der Waals surface area contributed by atoms with Gasteiger partial charge in [-0.15, -0.1) is 0 Å². The lowest BCUT2D eigenvalue weighted by atomic mass is 10.2. The molecule has 1 unspecified atom stereocenters. The second-order valence-corrected chi connectivity index (χ2v) is 3.22. The summed E-state index contributed by atoms with van der Waals surface area (Å²) in [5, 5.41) is 4.13. The van der Waals surface area contributed by atoms with Crippen molar-refractivity contribution in [2.75, 3.05) is 6.61 Å². The van der Waals surface area contributed by atoms with E-state index in [1.807, 2.05) is 24.7 Å². The minimum atomic E-state index is -0.501. The third-order valence-electron chi connectivity index (χ3n) is 1.95. The first-order chi connectivity index (χ1) is 7.13. The van der Waals surface area contributed by atoms with E-state index in [0.29, 0.717) is 0 Å². The van der Waals surface area contributed by atoms with Gasteiger partial charge >= 0.3 is 0 Å². The predicted molar refractivity (Wildman–Crippen MR) is 54.6 cm³/mol. The summed E-state index contributed by atoms with van der Waals surface area (Å²) >= 11 is 0. The van der Waals surface area contributed by atoms with Crippen molar-refractivity contribution in [2.24, 2.45) is 5.73 Å².